The van der Waals surface area contributed by atoms with E-state index in [4.69, 9.17) is 5.73 Å². The molecule has 0 aliphatic heterocycles. The van der Waals surface area contributed by atoms with Crippen molar-refractivity contribution in [2.45, 2.75) is 6.92 Å². The Labute approximate surface area is 68.6 Å². The fourth-order valence-electron chi connectivity index (χ4n) is 1.16. The lowest BCUT2D eigenvalue weighted by atomic mass is 10.3. The summed E-state index contributed by atoms with van der Waals surface area (Å²) in [4.78, 5) is 0. The fraction of sp³-hybridized carbons (Fsp3) is 0.125. The van der Waals surface area contributed by atoms with Crippen LogP contribution in [0, 0.1) is 12.7 Å². The van der Waals surface area contributed by atoms with Crippen LogP contribution in [0.25, 0.3) is 5.52 Å². The largest absolute Gasteiger partial charge is 0.396 e. The number of nitrogen functional groups attached to an aromatic ring is 1. The van der Waals surface area contributed by atoms with E-state index in [9.17, 15) is 4.39 Å². The van der Waals surface area contributed by atoms with E-state index < -0.39 is 5.82 Å². The van der Waals surface area contributed by atoms with Gasteiger partial charge in [-0.25, -0.2) is 8.91 Å². The molecule has 0 aliphatic carbocycles. The first-order chi connectivity index (χ1) is 5.66. The Morgan fingerprint density at radius 2 is 2.25 bits per heavy atom. The number of nitrogens with zero attached hydrogens (tertiary/aromatic N) is 2. The van der Waals surface area contributed by atoms with Crippen molar-refractivity contribution in [2.24, 2.45) is 0 Å². The van der Waals surface area contributed by atoms with Gasteiger partial charge in [0.1, 0.15) is 0 Å². The molecule has 12 heavy (non-hydrogen) atoms. The molecule has 2 N–H and O–H groups in total. The van der Waals surface area contributed by atoms with Crippen molar-refractivity contribution >= 4 is 11.2 Å². The number of hydrogen-bond acceptors (Lipinski definition) is 2. The summed E-state index contributed by atoms with van der Waals surface area (Å²) in [5, 5.41) is 4.04. The Hall–Kier alpha value is -1.58. The number of anilines is 1. The molecule has 0 spiro atoms. The van der Waals surface area contributed by atoms with Gasteiger partial charge < -0.3 is 5.73 Å². The first kappa shape index (κ1) is 7.09. The maximum atomic E-state index is 12.9. The Kier molecular flexibility index (Phi) is 1.30. The lowest BCUT2D eigenvalue weighted by molar-refractivity contribution is 0.619. The summed E-state index contributed by atoms with van der Waals surface area (Å²) in [5.41, 5.74) is 7.19. The minimum absolute atomic E-state index is 0.155. The second kappa shape index (κ2) is 2.20. The molecule has 2 aromatic heterocycles. The van der Waals surface area contributed by atoms with Crippen molar-refractivity contribution in [3.8, 4) is 0 Å². The zero-order valence-electron chi connectivity index (χ0n) is 6.58. The van der Waals surface area contributed by atoms with Crippen LogP contribution in [0.5, 0.6) is 0 Å². The van der Waals surface area contributed by atoms with E-state index in [0.717, 1.165) is 11.2 Å². The van der Waals surface area contributed by atoms with E-state index in [0.29, 0.717) is 0 Å². The van der Waals surface area contributed by atoms with Gasteiger partial charge in [-0.2, -0.15) is 5.10 Å². The van der Waals surface area contributed by atoms with Gasteiger partial charge in [-0.1, -0.05) is 0 Å². The number of pyridine rings is 1. The van der Waals surface area contributed by atoms with Gasteiger partial charge in [-0.05, 0) is 19.1 Å². The molecule has 3 nitrogen and oxygen atoms in total. The molecule has 0 saturated carbocycles. The topological polar surface area (TPSA) is 43.3 Å². The number of halogens is 1. The quantitative estimate of drug-likeness (QED) is 0.640. The van der Waals surface area contributed by atoms with Crippen LogP contribution in [0.3, 0.4) is 0 Å². The lowest BCUT2D eigenvalue weighted by Crippen LogP contribution is -1.95. The average molecular weight is 165 g/mol. The minimum Gasteiger partial charge on any atom is -0.396 e. The second-order valence-electron chi connectivity index (χ2n) is 2.73. The van der Waals surface area contributed by atoms with Crippen LogP contribution in [-0.4, -0.2) is 9.61 Å². The molecule has 2 heterocycles. The number of aromatic nitrogens is 2. The third kappa shape index (κ3) is 0.922. The van der Waals surface area contributed by atoms with Gasteiger partial charge in [-0.15, -0.1) is 0 Å². The molecule has 2 rings (SSSR count). The molecular weight excluding hydrogens is 157 g/mol. The molecule has 0 radical (unpaired) electrons. The molecule has 0 fully saturated rings. The van der Waals surface area contributed by atoms with Crippen LogP contribution < -0.4 is 5.73 Å². The van der Waals surface area contributed by atoms with Gasteiger partial charge >= 0.3 is 0 Å². The molecule has 0 atom stereocenters. The zero-order chi connectivity index (χ0) is 8.72. The summed E-state index contributed by atoms with van der Waals surface area (Å²) in [7, 11) is 0. The average Bonchev–Trinajstić information content (AvgIpc) is 2.30. The SMILES string of the molecule is Cc1cc2cc(N)c(F)cn2n1. The highest BCUT2D eigenvalue weighted by molar-refractivity contribution is 5.57. The van der Waals surface area contributed by atoms with Crippen molar-refractivity contribution in [2.75, 3.05) is 5.73 Å². The maximum Gasteiger partial charge on any atom is 0.164 e. The summed E-state index contributed by atoms with van der Waals surface area (Å²) in [5.74, 6) is -0.439. The molecule has 62 valence electrons. The molecule has 0 amide bonds. The third-order valence-electron chi connectivity index (χ3n) is 1.70. The Balaban J connectivity index is 2.83. The Morgan fingerprint density at radius 3 is 3.00 bits per heavy atom. The van der Waals surface area contributed by atoms with Crippen LogP contribution >= 0.6 is 0 Å². The monoisotopic (exact) mass is 165 g/mol. The molecule has 0 bridgehead atoms. The van der Waals surface area contributed by atoms with Gasteiger partial charge in [0.05, 0.1) is 23.1 Å². The molecule has 0 unspecified atom stereocenters. The predicted molar refractivity (Wildman–Crippen MR) is 44.3 cm³/mol. The molecule has 4 heteroatoms. The number of nitrogens with two attached hydrogens (primary N) is 1. The molecular formula is C8H8FN3. The number of rotatable bonds is 0. The fourth-order valence-corrected chi connectivity index (χ4v) is 1.16. The van der Waals surface area contributed by atoms with E-state index in [2.05, 4.69) is 5.10 Å². The second-order valence-corrected chi connectivity index (χ2v) is 2.73. The normalized spacial score (nSPS) is 10.8. The molecule has 0 aliphatic rings. The summed E-state index contributed by atoms with van der Waals surface area (Å²) >= 11 is 0. The standard InChI is InChI=1S/C8H8FN3/c1-5-2-6-3-8(10)7(9)4-12(6)11-5/h2-4H,10H2,1H3. The zero-order valence-corrected chi connectivity index (χ0v) is 6.58. The molecule has 0 aromatic carbocycles. The summed E-state index contributed by atoms with van der Waals surface area (Å²) in [6.07, 6.45) is 1.28. The van der Waals surface area contributed by atoms with Crippen LogP contribution in [0.4, 0.5) is 10.1 Å². The van der Waals surface area contributed by atoms with Crippen molar-refractivity contribution in [3.63, 3.8) is 0 Å². The van der Waals surface area contributed by atoms with Crippen LogP contribution in [0.15, 0.2) is 18.3 Å². The van der Waals surface area contributed by atoms with Gasteiger partial charge in [-0.3, -0.25) is 0 Å². The molecule has 2 aromatic rings. The van der Waals surface area contributed by atoms with Crippen molar-refractivity contribution in [3.05, 3.63) is 29.8 Å². The van der Waals surface area contributed by atoms with E-state index in [1.807, 2.05) is 13.0 Å². The highest BCUT2D eigenvalue weighted by atomic mass is 19.1. The predicted octanol–water partition coefficient (Wildman–Crippen LogP) is 1.36. The maximum absolute atomic E-state index is 12.9. The van der Waals surface area contributed by atoms with Gasteiger partial charge in [0.25, 0.3) is 0 Å². The van der Waals surface area contributed by atoms with Gasteiger partial charge in [0.2, 0.25) is 0 Å². The van der Waals surface area contributed by atoms with E-state index >= 15 is 0 Å². The first-order valence-corrected chi connectivity index (χ1v) is 3.58. The summed E-state index contributed by atoms with van der Waals surface area (Å²) in [6.45, 7) is 1.85. The van der Waals surface area contributed by atoms with Gasteiger partial charge in [0.15, 0.2) is 5.82 Å². The highest BCUT2D eigenvalue weighted by Gasteiger charge is 2.02. The molecule has 0 saturated heterocycles. The van der Waals surface area contributed by atoms with E-state index in [-0.39, 0.29) is 5.69 Å². The minimum atomic E-state index is -0.439. The first-order valence-electron chi connectivity index (χ1n) is 3.58. The van der Waals surface area contributed by atoms with Crippen molar-refractivity contribution in [1.29, 1.82) is 0 Å². The highest BCUT2D eigenvalue weighted by Crippen LogP contribution is 2.13. The summed E-state index contributed by atoms with van der Waals surface area (Å²) in [6, 6.07) is 3.41. The van der Waals surface area contributed by atoms with Crippen LogP contribution in [-0.2, 0) is 0 Å². The van der Waals surface area contributed by atoms with Crippen LogP contribution in [0.2, 0.25) is 0 Å². The Bertz CT molecular complexity index is 394. The lowest BCUT2D eigenvalue weighted by Gasteiger charge is -1.96. The van der Waals surface area contributed by atoms with Crippen molar-refractivity contribution < 1.29 is 4.39 Å². The van der Waals surface area contributed by atoms with Gasteiger partial charge in [0, 0.05) is 0 Å². The Morgan fingerprint density at radius 1 is 1.50 bits per heavy atom. The number of hydrogen-bond donors (Lipinski definition) is 1. The van der Waals surface area contributed by atoms with E-state index in [1.165, 1.54) is 10.7 Å². The number of aryl methyl sites for hydroxylation is 1. The van der Waals surface area contributed by atoms with Crippen molar-refractivity contribution in [1.82, 2.24) is 9.61 Å². The third-order valence-corrected chi connectivity index (χ3v) is 1.70. The number of fused-ring (bicyclic) bond motifs is 1. The van der Waals surface area contributed by atoms with E-state index in [1.54, 1.807) is 6.07 Å². The summed E-state index contributed by atoms with van der Waals surface area (Å²) < 4.78 is 14.3. The smallest absolute Gasteiger partial charge is 0.164 e. The van der Waals surface area contributed by atoms with Crippen LogP contribution in [0.1, 0.15) is 5.69 Å².